The van der Waals surface area contributed by atoms with Crippen LogP contribution in [0.15, 0.2) is 72.9 Å². The molecule has 0 spiro atoms. The molecule has 0 saturated carbocycles. The number of anilines is 1. The predicted octanol–water partition coefficient (Wildman–Crippen LogP) is 7.23. The summed E-state index contributed by atoms with van der Waals surface area (Å²) in [6.45, 7) is 0. The van der Waals surface area contributed by atoms with Gasteiger partial charge in [0.05, 0.1) is 16.1 Å². The predicted molar refractivity (Wildman–Crippen MR) is 119 cm³/mol. The monoisotopic (exact) mass is 521 g/mol. The molecule has 4 aromatic rings. The maximum Gasteiger partial charge on any atom is 0.416 e. The second-order valence-electron chi connectivity index (χ2n) is 7.61. The van der Waals surface area contributed by atoms with E-state index in [1.54, 1.807) is 6.07 Å². The zero-order chi connectivity index (χ0) is 27.0. The summed E-state index contributed by atoms with van der Waals surface area (Å²) in [5.41, 5.74) is -4.09. The van der Waals surface area contributed by atoms with Crippen molar-refractivity contribution < 1.29 is 40.8 Å². The highest BCUT2D eigenvalue weighted by Gasteiger charge is 2.37. The number of halogens is 6. The lowest BCUT2D eigenvalue weighted by atomic mass is 10.0. The van der Waals surface area contributed by atoms with Crippen molar-refractivity contribution in [1.29, 1.82) is 0 Å². The molecule has 0 atom stereocenters. The van der Waals surface area contributed by atoms with Crippen LogP contribution < -0.4 is 10.1 Å². The van der Waals surface area contributed by atoms with Gasteiger partial charge in [-0.25, -0.2) is 4.98 Å². The molecule has 0 radical (unpaired) electrons. The van der Waals surface area contributed by atoms with Gasteiger partial charge in [0.15, 0.2) is 5.52 Å². The molecule has 1 aromatic heterocycles. The third-order valence-electron chi connectivity index (χ3n) is 5.10. The maximum atomic E-state index is 13.1. The average Bonchev–Trinajstić information content (AvgIpc) is 2.83. The highest BCUT2D eigenvalue weighted by atomic mass is 19.4. The standard InChI is InChI=1S/C24H13F6N3O4/c25-23(26,27)14-10-13(11-15(12-14)24(28,29)30)22(34)32-16-4-6-17(7-5-16)37-20-8-9-31-21-18(20)2-1-3-19(21)33(35)36/h1-12H,(H,32,34). The van der Waals surface area contributed by atoms with Crippen LogP contribution in [-0.2, 0) is 12.4 Å². The number of hydrogen-bond donors (Lipinski definition) is 1. The van der Waals surface area contributed by atoms with Gasteiger partial charge in [-0.1, -0.05) is 6.07 Å². The summed E-state index contributed by atoms with van der Waals surface area (Å²) < 4.78 is 84.1. The van der Waals surface area contributed by atoms with Crippen molar-refractivity contribution in [3.8, 4) is 11.5 Å². The quantitative estimate of drug-likeness (QED) is 0.170. The number of carbonyl (C=O) groups is 1. The summed E-state index contributed by atoms with van der Waals surface area (Å²) in [7, 11) is 0. The van der Waals surface area contributed by atoms with Crippen LogP contribution in [0.25, 0.3) is 10.9 Å². The molecule has 0 aliphatic carbocycles. The number of pyridine rings is 1. The second kappa shape index (κ2) is 9.41. The van der Waals surface area contributed by atoms with Crippen molar-refractivity contribution >= 4 is 28.2 Å². The van der Waals surface area contributed by atoms with Gasteiger partial charge < -0.3 is 10.1 Å². The number of ether oxygens (including phenoxy) is 1. The lowest BCUT2D eigenvalue weighted by Gasteiger charge is -2.14. The highest BCUT2D eigenvalue weighted by molar-refractivity contribution is 6.04. The Kier molecular flexibility index (Phi) is 6.46. The minimum absolute atomic E-state index is 0.0681. The number of benzene rings is 3. The molecule has 0 fully saturated rings. The molecular formula is C24H13F6N3O4. The van der Waals surface area contributed by atoms with Crippen molar-refractivity contribution in [3.63, 3.8) is 0 Å². The fourth-order valence-corrected chi connectivity index (χ4v) is 3.39. The van der Waals surface area contributed by atoms with Crippen LogP contribution in [0.1, 0.15) is 21.5 Å². The van der Waals surface area contributed by atoms with Crippen LogP contribution in [0, 0.1) is 10.1 Å². The zero-order valence-electron chi connectivity index (χ0n) is 18.2. The number of hydrogen-bond acceptors (Lipinski definition) is 5. The smallest absolute Gasteiger partial charge is 0.416 e. The Bertz CT molecular complexity index is 1470. The minimum atomic E-state index is -5.09. The summed E-state index contributed by atoms with van der Waals surface area (Å²) in [5.74, 6) is -0.706. The number of nitro groups is 1. The second-order valence-corrected chi connectivity index (χ2v) is 7.61. The number of rotatable bonds is 5. The number of nitrogens with one attached hydrogen (secondary N) is 1. The lowest BCUT2D eigenvalue weighted by molar-refractivity contribution is -0.383. The van der Waals surface area contributed by atoms with Crippen LogP contribution in [0.4, 0.5) is 37.7 Å². The van der Waals surface area contributed by atoms with E-state index in [0.29, 0.717) is 17.5 Å². The van der Waals surface area contributed by atoms with Gasteiger partial charge in [-0.2, -0.15) is 26.3 Å². The summed E-state index contributed by atoms with van der Waals surface area (Å²) in [6.07, 6.45) is -8.86. The molecule has 1 amide bonds. The molecule has 0 saturated heterocycles. The van der Waals surface area contributed by atoms with Crippen molar-refractivity contribution in [2.75, 3.05) is 5.32 Å². The fraction of sp³-hybridized carbons (Fsp3) is 0.0833. The lowest BCUT2D eigenvalue weighted by Crippen LogP contribution is -2.17. The topological polar surface area (TPSA) is 94.4 Å². The van der Waals surface area contributed by atoms with Crippen LogP contribution in [-0.4, -0.2) is 15.8 Å². The Morgan fingerprint density at radius 1 is 0.892 bits per heavy atom. The maximum absolute atomic E-state index is 13.1. The van der Waals surface area contributed by atoms with Gasteiger partial charge in [-0.05, 0) is 54.6 Å². The van der Waals surface area contributed by atoms with Gasteiger partial charge >= 0.3 is 12.4 Å². The summed E-state index contributed by atoms with van der Waals surface area (Å²) in [5, 5.41) is 13.8. The Labute approximate surface area is 203 Å². The fourth-order valence-electron chi connectivity index (χ4n) is 3.39. The number of para-hydroxylation sites is 1. The van der Waals surface area contributed by atoms with E-state index in [1.807, 2.05) is 0 Å². The molecule has 1 heterocycles. The van der Waals surface area contributed by atoms with Crippen LogP contribution in [0.5, 0.6) is 11.5 Å². The van der Waals surface area contributed by atoms with E-state index < -0.39 is 39.9 Å². The molecule has 190 valence electrons. The Balaban J connectivity index is 1.56. The molecular weight excluding hydrogens is 508 g/mol. The first kappa shape index (κ1) is 25.4. The van der Waals surface area contributed by atoms with Gasteiger partial charge in [0.1, 0.15) is 11.5 Å². The average molecular weight is 521 g/mol. The van der Waals surface area contributed by atoms with Gasteiger partial charge in [0.25, 0.3) is 11.6 Å². The molecule has 4 rings (SSSR count). The van der Waals surface area contributed by atoms with Crippen molar-refractivity contribution in [2.24, 2.45) is 0 Å². The van der Waals surface area contributed by atoms with Gasteiger partial charge in [0, 0.05) is 28.9 Å². The number of nitrogens with zero attached hydrogens (tertiary/aromatic N) is 2. The minimum Gasteiger partial charge on any atom is -0.457 e. The Hall–Kier alpha value is -4.68. The molecule has 13 heteroatoms. The molecule has 1 N–H and O–H groups in total. The number of fused-ring (bicyclic) bond motifs is 1. The van der Waals surface area contributed by atoms with Gasteiger partial charge in [-0.15, -0.1) is 0 Å². The molecule has 0 bridgehead atoms. The van der Waals surface area contributed by atoms with Crippen LogP contribution in [0.2, 0.25) is 0 Å². The summed E-state index contributed by atoms with van der Waals surface area (Å²) in [4.78, 5) is 27.1. The van der Waals surface area contributed by atoms with Crippen LogP contribution in [0.3, 0.4) is 0 Å². The van der Waals surface area contributed by atoms with Gasteiger partial charge in [-0.3, -0.25) is 14.9 Å². The molecule has 0 aliphatic heterocycles. The number of carbonyl (C=O) groups excluding carboxylic acids is 1. The van der Waals surface area contributed by atoms with Crippen molar-refractivity contribution in [1.82, 2.24) is 4.98 Å². The van der Waals surface area contributed by atoms with Crippen molar-refractivity contribution in [2.45, 2.75) is 12.4 Å². The first-order valence-corrected chi connectivity index (χ1v) is 10.2. The normalized spacial score (nSPS) is 11.8. The van der Waals surface area contributed by atoms with Crippen molar-refractivity contribution in [3.05, 3.63) is 99.7 Å². The number of non-ortho nitro benzene ring substituents is 1. The van der Waals surface area contributed by atoms with Crippen LogP contribution >= 0.6 is 0 Å². The van der Waals surface area contributed by atoms with E-state index in [2.05, 4.69) is 10.3 Å². The molecule has 3 aromatic carbocycles. The zero-order valence-corrected chi connectivity index (χ0v) is 18.2. The first-order valence-electron chi connectivity index (χ1n) is 10.2. The molecule has 0 unspecified atom stereocenters. The van der Waals surface area contributed by atoms with Gasteiger partial charge in [0.2, 0.25) is 0 Å². The molecule has 7 nitrogen and oxygen atoms in total. The number of amides is 1. The number of alkyl halides is 6. The third-order valence-corrected chi connectivity index (χ3v) is 5.10. The van der Waals surface area contributed by atoms with E-state index >= 15 is 0 Å². The number of aromatic nitrogens is 1. The Morgan fingerprint density at radius 2 is 1.51 bits per heavy atom. The molecule has 37 heavy (non-hydrogen) atoms. The largest absolute Gasteiger partial charge is 0.457 e. The van der Waals surface area contributed by atoms with E-state index in [4.69, 9.17) is 4.74 Å². The van der Waals surface area contributed by atoms with E-state index in [-0.39, 0.29) is 34.5 Å². The van der Waals surface area contributed by atoms with E-state index in [1.165, 1.54) is 48.7 Å². The first-order chi connectivity index (χ1) is 17.3. The highest BCUT2D eigenvalue weighted by Crippen LogP contribution is 2.37. The van der Waals surface area contributed by atoms with E-state index in [0.717, 1.165) is 0 Å². The Morgan fingerprint density at radius 3 is 2.08 bits per heavy atom. The summed E-state index contributed by atoms with van der Waals surface area (Å²) in [6, 6.07) is 11.8. The molecule has 0 aliphatic rings. The SMILES string of the molecule is O=C(Nc1ccc(Oc2ccnc3c([N+](=O)[O-])cccc23)cc1)c1cc(C(F)(F)F)cc(C(F)(F)F)c1. The number of nitro benzene ring substituents is 1. The third kappa shape index (κ3) is 5.60. The summed E-state index contributed by atoms with van der Waals surface area (Å²) >= 11 is 0. The van der Waals surface area contributed by atoms with E-state index in [9.17, 15) is 41.3 Å².